The minimum atomic E-state index is 0.313. The Hall–Kier alpha value is -1.70. The molecule has 0 atom stereocenters. The van der Waals surface area contributed by atoms with Gasteiger partial charge in [0.25, 0.3) is 0 Å². The molecule has 1 aliphatic rings. The predicted molar refractivity (Wildman–Crippen MR) is 83.1 cm³/mol. The standard InChI is InChI=1S/C16H23N3O/c1-2-14-20-16-7-4-3-6-15(16)19-12-10-18(11-13-19)9-5-8-17/h1,3-4,6-7H,5,8-14,17H2. The van der Waals surface area contributed by atoms with Crippen LogP contribution in [0.4, 0.5) is 5.69 Å². The van der Waals surface area contributed by atoms with Gasteiger partial charge in [-0.2, -0.15) is 0 Å². The lowest BCUT2D eigenvalue weighted by atomic mass is 10.2. The van der Waals surface area contributed by atoms with Crippen LogP contribution in [-0.4, -0.2) is 50.8 Å². The smallest absolute Gasteiger partial charge is 0.148 e. The maximum absolute atomic E-state index is 5.62. The lowest BCUT2D eigenvalue weighted by molar-refractivity contribution is 0.255. The van der Waals surface area contributed by atoms with E-state index in [4.69, 9.17) is 16.9 Å². The number of piperazine rings is 1. The van der Waals surface area contributed by atoms with E-state index in [0.29, 0.717) is 6.61 Å². The molecule has 0 saturated carbocycles. The molecule has 0 aliphatic carbocycles. The zero-order valence-corrected chi connectivity index (χ0v) is 11.9. The number of terminal acetylenes is 1. The van der Waals surface area contributed by atoms with Crippen molar-refractivity contribution < 1.29 is 4.74 Å². The maximum Gasteiger partial charge on any atom is 0.148 e. The minimum absolute atomic E-state index is 0.313. The third-order valence-electron chi connectivity index (χ3n) is 3.57. The van der Waals surface area contributed by atoms with Crippen LogP contribution in [-0.2, 0) is 0 Å². The molecule has 1 aliphatic heterocycles. The van der Waals surface area contributed by atoms with E-state index >= 15 is 0 Å². The molecule has 0 radical (unpaired) electrons. The van der Waals surface area contributed by atoms with Crippen molar-refractivity contribution in [2.45, 2.75) is 6.42 Å². The predicted octanol–water partition coefficient (Wildman–Crippen LogP) is 1.17. The van der Waals surface area contributed by atoms with Gasteiger partial charge in [0, 0.05) is 26.2 Å². The number of anilines is 1. The molecule has 2 N–H and O–H groups in total. The van der Waals surface area contributed by atoms with Crippen LogP contribution in [0.5, 0.6) is 5.75 Å². The normalized spacial score (nSPS) is 15.9. The highest BCUT2D eigenvalue weighted by molar-refractivity contribution is 5.58. The summed E-state index contributed by atoms with van der Waals surface area (Å²) >= 11 is 0. The highest BCUT2D eigenvalue weighted by Crippen LogP contribution is 2.28. The second kappa shape index (κ2) is 7.78. The summed E-state index contributed by atoms with van der Waals surface area (Å²) < 4.78 is 5.62. The largest absolute Gasteiger partial charge is 0.479 e. The van der Waals surface area contributed by atoms with E-state index in [9.17, 15) is 0 Å². The number of nitrogens with zero attached hydrogens (tertiary/aromatic N) is 2. The average molecular weight is 273 g/mol. The molecule has 4 heteroatoms. The fourth-order valence-corrected chi connectivity index (χ4v) is 2.49. The number of para-hydroxylation sites is 2. The second-order valence-electron chi connectivity index (χ2n) is 4.93. The Morgan fingerprint density at radius 2 is 1.95 bits per heavy atom. The van der Waals surface area contributed by atoms with Gasteiger partial charge in [-0.05, 0) is 31.6 Å². The first-order chi connectivity index (χ1) is 9.85. The van der Waals surface area contributed by atoms with Crippen LogP contribution in [0, 0.1) is 12.3 Å². The molecule has 1 fully saturated rings. The van der Waals surface area contributed by atoms with E-state index in [1.54, 1.807) is 0 Å². The van der Waals surface area contributed by atoms with E-state index < -0.39 is 0 Å². The van der Waals surface area contributed by atoms with Gasteiger partial charge in [0.2, 0.25) is 0 Å². The number of rotatable bonds is 6. The SMILES string of the molecule is C#CCOc1ccccc1N1CCN(CCCN)CC1. The van der Waals surface area contributed by atoms with Crippen LogP contribution in [0.15, 0.2) is 24.3 Å². The summed E-state index contributed by atoms with van der Waals surface area (Å²) in [4.78, 5) is 4.83. The van der Waals surface area contributed by atoms with Crippen molar-refractivity contribution in [3.8, 4) is 18.1 Å². The minimum Gasteiger partial charge on any atom is -0.479 e. The Morgan fingerprint density at radius 1 is 1.20 bits per heavy atom. The van der Waals surface area contributed by atoms with E-state index in [1.165, 1.54) is 0 Å². The van der Waals surface area contributed by atoms with Crippen LogP contribution in [0.3, 0.4) is 0 Å². The first kappa shape index (κ1) is 14.7. The molecular formula is C16H23N3O. The summed E-state index contributed by atoms with van der Waals surface area (Å²) in [5.74, 6) is 3.39. The molecule has 108 valence electrons. The Kier molecular flexibility index (Phi) is 5.72. The second-order valence-corrected chi connectivity index (χ2v) is 4.93. The quantitative estimate of drug-likeness (QED) is 0.790. The van der Waals surface area contributed by atoms with Gasteiger partial charge < -0.3 is 15.4 Å². The van der Waals surface area contributed by atoms with Crippen LogP contribution < -0.4 is 15.4 Å². The number of nitrogens with two attached hydrogens (primary N) is 1. The fraction of sp³-hybridized carbons (Fsp3) is 0.500. The van der Waals surface area contributed by atoms with Crippen LogP contribution in [0.25, 0.3) is 0 Å². The van der Waals surface area contributed by atoms with E-state index in [0.717, 1.165) is 57.1 Å². The Labute approximate surface area is 121 Å². The lowest BCUT2D eigenvalue weighted by Gasteiger charge is -2.36. The average Bonchev–Trinajstić information content (AvgIpc) is 2.52. The van der Waals surface area contributed by atoms with Gasteiger partial charge in [-0.3, -0.25) is 4.90 Å². The number of hydrogen-bond acceptors (Lipinski definition) is 4. The van der Waals surface area contributed by atoms with Crippen LogP contribution in [0.1, 0.15) is 6.42 Å². The Balaban J connectivity index is 1.94. The number of benzene rings is 1. The molecule has 0 bridgehead atoms. The molecule has 2 rings (SSSR count). The third-order valence-corrected chi connectivity index (χ3v) is 3.57. The molecule has 0 unspecified atom stereocenters. The molecule has 0 amide bonds. The highest BCUT2D eigenvalue weighted by Gasteiger charge is 2.19. The monoisotopic (exact) mass is 273 g/mol. The molecule has 1 heterocycles. The first-order valence-electron chi connectivity index (χ1n) is 7.18. The molecule has 0 spiro atoms. The Bertz CT molecular complexity index is 447. The van der Waals surface area contributed by atoms with Crippen LogP contribution >= 0.6 is 0 Å². The van der Waals surface area contributed by atoms with Gasteiger partial charge in [-0.25, -0.2) is 0 Å². The van der Waals surface area contributed by atoms with Gasteiger partial charge in [0.1, 0.15) is 12.4 Å². The lowest BCUT2D eigenvalue weighted by Crippen LogP contribution is -2.47. The van der Waals surface area contributed by atoms with Gasteiger partial charge >= 0.3 is 0 Å². The summed E-state index contributed by atoms with van der Waals surface area (Å²) in [5.41, 5.74) is 6.70. The van der Waals surface area contributed by atoms with Crippen LogP contribution in [0.2, 0.25) is 0 Å². The number of ether oxygens (including phenoxy) is 1. The maximum atomic E-state index is 5.62. The summed E-state index contributed by atoms with van der Waals surface area (Å²) in [6.07, 6.45) is 6.34. The molecule has 1 saturated heterocycles. The fourth-order valence-electron chi connectivity index (χ4n) is 2.49. The van der Waals surface area contributed by atoms with Crippen molar-refractivity contribution in [2.24, 2.45) is 5.73 Å². The molecular weight excluding hydrogens is 250 g/mol. The third kappa shape index (κ3) is 3.89. The van der Waals surface area contributed by atoms with Gasteiger partial charge in [0.15, 0.2) is 0 Å². The van der Waals surface area contributed by atoms with Gasteiger partial charge in [-0.1, -0.05) is 18.1 Å². The van der Waals surface area contributed by atoms with Crippen molar-refractivity contribution in [1.82, 2.24) is 4.90 Å². The summed E-state index contributed by atoms with van der Waals surface area (Å²) in [5, 5.41) is 0. The summed E-state index contributed by atoms with van der Waals surface area (Å²) in [6, 6.07) is 8.10. The zero-order valence-electron chi connectivity index (χ0n) is 11.9. The van der Waals surface area contributed by atoms with Crippen molar-refractivity contribution in [3.05, 3.63) is 24.3 Å². The van der Waals surface area contributed by atoms with Crippen molar-refractivity contribution in [3.63, 3.8) is 0 Å². The molecule has 4 nitrogen and oxygen atoms in total. The Morgan fingerprint density at radius 3 is 2.65 bits per heavy atom. The topological polar surface area (TPSA) is 41.7 Å². The first-order valence-corrected chi connectivity index (χ1v) is 7.18. The van der Waals surface area contributed by atoms with Gasteiger partial charge in [-0.15, -0.1) is 6.42 Å². The molecule has 1 aromatic rings. The van der Waals surface area contributed by atoms with Crippen molar-refractivity contribution in [2.75, 3.05) is 50.8 Å². The van der Waals surface area contributed by atoms with Crippen molar-refractivity contribution in [1.29, 1.82) is 0 Å². The summed E-state index contributed by atoms with van der Waals surface area (Å²) in [7, 11) is 0. The zero-order chi connectivity index (χ0) is 14.2. The number of hydrogen-bond donors (Lipinski definition) is 1. The highest BCUT2D eigenvalue weighted by atomic mass is 16.5. The summed E-state index contributed by atoms with van der Waals surface area (Å²) in [6.45, 7) is 6.35. The van der Waals surface area contributed by atoms with E-state index in [-0.39, 0.29) is 0 Å². The van der Waals surface area contributed by atoms with E-state index in [1.807, 2.05) is 18.2 Å². The van der Waals surface area contributed by atoms with E-state index in [2.05, 4.69) is 21.8 Å². The molecule has 20 heavy (non-hydrogen) atoms. The van der Waals surface area contributed by atoms with Gasteiger partial charge in [0.05, 0.1) is 5.69 Å². The molecule has 0 aromatic heterocycles. The molecule has 1 aromatic carbocycles. The van der Waals surface area contributed by atoms with Crippen molar-refractivity contribution >= 4 is 5.69 Å².